The van der Waals surface area contributed by atoms with E-state index in [4.69, 9.17) is 0 Å². The molecule has 1 saturated carbocycles. The van der Waals surface area contributed by atoms with Crippen LogP contribution >= 0.6 is 0 Å². The molecule has 2 aromatic carbocycles. The Hall–Kier alpha value is -2.55. The van der Waals surface area contributed by atoms with Crippen molar-refractivity contribution in [3.05, 3.63) is 82.4 Å². The summed E-state index contributed by atoms with van der Waals surface area (Å²) < 4.78 is 28.2. The number of ketones is 1. The van der Waals surface area contributed by atoms with Crippen LogP contribution in [0.5, 0.6) is 0 Å². The van der Waals surface area contributed by atoms with Crippen LogP contribution in [0.4, 0.5) is 8.78 Å². The fraction of sp³-hybridized carbons (Fsp3) is 0.292. The molecule has 2 aromatic rings. The minimum atomic E-state index is -0.352. The van der Waals surface area contributed by atoms with Gasteiger partial charge in [0.15, 0.2) is 5.78 Å². The van der Waals surface area contributed by atoms with Gasteiger partial charge in [-0.25, -0.2) is 8.78 Å². The first-order chi connectivity index (χ1) is 12.8. The van der Waals surface area contributed by atoms with Crippen molar-refractivity contribution in [3.8, 4) is 0 Å². The van der Waals surface area contributed by atoms with Crippen molar-refractivity contribution in [3.63, 3.8) is 0 Å². The Bertz CT molecular complexity index is 848. The van der Waals surface area contributed by atoms with Gasteiger partial charge in [-0.2, -0.15) is 0 Å². The van der Waals surface area contributed by atoms with Crippen molar-refractivity contribution in [2.45, 2.75) is 33.6 Å². The Morgan fingerprint density at radius 2 is 1.22 bits per heavy atom. The molecule has 0 radical (unpaired) electrons. The zero-order valence-electron chi connectivity index (χ0n) is 15.9. The predicted molar refractivity (Wildman–Crippen MR) is 106 cm³/mol. The van der Waals surface area contributed by atoms with Gasteiger partial charge < -0.3 is 0 Å². The molecule has 1 unspecified atom stereocenters. The Labute approximate surface area is 159 Å². The first kappa shape index (κ1) is 19.2. The van der Waals surface area contributed by atoms with Crippen LogP contribution in [0.25, 0.3) is 12.2 Å². The lowest BCUT2D eigenvalue weighted by Crippen LogP contribution is -2.29. The quantitative estimate of drug-likeness (QED) is 0.558. The minimum Gasteiger partial charge on any atom is -0.289 e. The number of carbonyl (C=O) groups is 1. The molecule has 1 aliphatic rings. The molecular formula is C24H24F2O. The average Bonchev–Trinajstić information content (AvgIpc) is 2.61. The molecule has 0 amide bonds. The van der Waals surface area contributed by atoms with Crippen LogP contribution in [0.3, 0.4) is 0 Å². The third-order valence-electron chi connectivity index (χ3n) is 5.21. The molecule has 1 fully saturated rings. The van der Waals surface area contributed by atoms with Gasteiger partial charge in [-0.05, 0) is 48.5 Å². The third kappa shape index (κ3) is 4.41. The van der Waals surface area contributed by atoms with Crippen molar-refractivity contribution in [2.75, 3.05) is 0 Å². The molecule has 1 nitrogen and oxygen atoms in total. The number of hydrogen-bond donors (Lipinski definition) is 0. The molecular weight excluding hydrogens is 342 g/mol. The molecule has 140 valence electrons. The van der Waals surface area contributed by atoms with E-state index in [2.05, 4.69) is 20.8 Å². The molecule has 27 heavy (non-hydrogen) atoms. The van der Waals surface area contributed by atoms with E-state index in [1.54, 1.807) is 48.6 Å². The maximum Gasteiger partial charge on any atom is 0.185 e. The highest BCUT2D eigenvalue weighted by Crippen LogP contribution is 2.42. The number of carbonyl (C=O) groups excluding carboxylic acids is 1. The SMILES string of the molecule is CC(C)(C)C1C/C(=C/c2ccccc2F)C(=O)/C(=C/c2ccccc2F)C1. The lowest BCUT2D eigenvalue weighted by atomic mass is 9.68. The topological polar surface area (TPSA) is 17.1 Å². The van der Waals surface area contributed by atoms with E-state index in [9.17, 15) is 13.6 Å². The molecule has 0 spiro atoms. The second kappa shape index (κ2) is 7.59. The normalized spacial score (nSPS) is 21.1. The molecule has 1 aliphatic carbocycles. The minimum absolute atomic E-state index is 0.0245. The Balaban J connectivity index is 2.05. The largest absolute Gasteiger partial charge is 0.289 e. The van der Waals surface area contributed by atoms with E-state index in [0.717, 1.165) is 0 Å². The maximum atomic E-state index is 14.1. The molecule has 0 aromatic heterocycles. The zero-order chi connectivity index (χ0) is 19.6. The lowest BCUT2D eigenvalue weighted by molar-refractivity contribution is -0.113. The van der Waals surface area contributed by atoms with Crippen LogP contribution in [0.2, 0.25) is 0 Å². The summed E-state index contributed by atoms with van der Waals surface area (Å²) in [6, 6.07) is 12.9. The Kier molecular flexibility index (Phi) is 5.41. The van der Waals surface area contributed by atoms with Gasteiger partial charge in [-0.15, -0.1) is 0 Å². The summed E-state index contributed by atoms with van der Waals surface area (Å²) in [7, 11) is 0. The summed E-state index contributed by atoms with van der Waals surface area (Å²) >= 11 is 0. The Morgan fingerprint density at radius 3 is 1.59 bits per heavy atom. The van der Waals surface area contributed by atoms with Crippen LogP contribution < -0.4 is 0 Å². The molecule has 3 heteroatoms. The van der Waals surface area contributed by atoms with Gasteiger partial charge in [0, 0.05) is 22.3 Å². The molecule has 0 saturated heterocycles. The summed E-state index contributed by atoms with van der Waals surface area (Å²) in [4.78, 5) is 13.0. The molecule has 0 bridgehead atoms. The van der Waals surface area contributed by atoms with Gasteiger partial charge in [0.1, 0.15) is 11.6 Å². The van der Waals surface area contributed by atoms with Crippen molar-refractivity contribution >= 4 is 17.9 Å². The highest BCUT2D eigenvalue weighted by atomic mass is 19.1. The first-order valence-electron chi connectivity index (χ1n) is 9.20. The second-order valence-corrected chi connectivity index (χ2v) is 8.18. The summed E-state index contributed by atoms with van der Waals surface area (Å²) in [6.07, 6.45) is 4.46. The molecule has 3 rings (SSSR count). The van der Waals surface area contributed by atoms with Crippen LogP contribution in [0.15, 0.2) is 59.7 Å². The summed E-state index contributed by atoms with van der Waals surface area (Å²) in [6.45, 7) is 6.40. The van der Waals surface area contributed by atoms with Crippen molar-refractivity contribution in [2.24, 2.45) is 11.3 Å². The van der Waals surface area contributed by atoms with E-state index in [1.807, 2.05) is 0 Å². The molecule has 0 N–H and O–H groups in total. The number of Topliss-reactive ketones (excluding diaryl/α,β-unsaturated/α-hetero) is 1. The monoisotopic (exact) mass is 366 g/mol. The van der Waals surface area contributed by atoms with E-state index in [-0.39, 0.29) is 28.8 Å². The van der Waals surface area contributed by atoms with Crippen molar-refractivity contribution < 1.29 is 13.6 Å². The van der Waals surface area contributed by atoms with Crippen LogP contribution in [-0.4, -0.2) is 5.78 Å². The van der Waals surface area contributed by atoms with Gasteiger partial charge in [0.2, 0.25) is 0 Å². The Morgan fingerprint density at radius 1 is 0.815 bits per heavy atom. The van der Waals surface area contributed by atoms with Gasteiger partial charge in [-0.3, -0.25) is 4.79 Å². The zero-order valence-corrected chi connectivity index (χ0v) is 15.9. The number of benzene rings is 2. The molecule has 0 aliphatic heterocycles. The number of allylic oxidation sites excluding steroid dienone is 2. The molecule has 0 heterocycles. The highest BCUT2D eigenvalue weighted by molar-refractivity contribution is 6.14. The predicted octanol–water partition coefficient (Wildman–Crippen LogP) is 6.46. The molecule has 1 atom stereocenters. The van der Waals surface area contributed by atoms with Gasteiger partial charge in [0.25, 0.3) is 0 Å². The van der Waals surface area contributed by atoms with E-state index in [0.29, 0.717) is 35.1 Å². The third-order valence-corrected chi connectivity index (χ3v) is 5.21. The lowest BCUT2D eigenvalue weighted by Gasteiger charge is -2.35. The fourth-order valence-corrected chi connectivity index (χ4v) is 3.42. The van der Waals surface area contributed by atoms with E-state index < -0.39 is 0 Å². The highest BCUT2D eigenvalue weighted by Gasteiger charge is 2.34. The van der Waals surface area contributed by atoms with Gasteiger partial charge in [0.05, 0.1) is 0 Å². The van der Waals surface area contributed by atoms with Gasteiger partial charge in [-0.1, -0.05) is 57.2 Å². The van der Waals surface area contributed by atoms with Crippen LogP contribution in [0.1, 0.15) is 44.7 Å². The van der Waals surface area contributed by atoms with Crippen LogP contribution in [-0.2, 0) is 4.79 Å². The second-order valence-electron chi connectivity index (χ2n) is 8.18. The standard InChI is InChI=1S/C24H24F2O/c1-24(2,3)20-14-18(12-16-8-4-6-10-21(16)25)23(27)19(15-20)13-17-9-5-7-11-22(17)26/h4-13,20H,14-15H2,1-3H3/b18-12-,19-13+. The van der Waals surface area contributed by atoms with E-state index in [1.165, 1.54) is 12.1 Å². The number of hydrogen-bond acceptors (Lipinski definition) is 1. The van der Waals surface area contributed by atoms with Crippen molar-refractivity contribution in [1.82, 2.24) is 0 Å². The van der Waals surface area contributed by atoms with Crippen molar-refractivity contribution in [1.29, 1.82) is 0 Å². The van der Waals surface area contributed by atoms with E-state index >= 15 is 0 Å². The first-order valence-corrected chi connectivity index (χ1v) is 9.20. The maximum absolute atomic E-state index is 14.1. The fourth-order valence-electron chi connectivity index (χ4n) is 3.42. The summed E-state index contributed by atoms with van der Waals surface area (Å²) in [5.41, 5.74) is 1.94. The summed E-state index contributed by atoms with van der Waals surface area (Å²) in [5.74, 6) is -0.612. The summed E-state index contributed by atoms with van der Waals surface area (Å²) in [5, 5.41) is 0. The van der Waals surface area contributed by atoms with Gasteiger partial charge >= 0.3 is 0 Å². The average molecular weight is 366 g/mol. The number of rotatable bonds is 2. The smallest absolute Gasteiger partial charge is 0.185 e. The van der Waals surface area contributed by atoms with Crippen LogP contribution in [0, 0.1) is 23.0 Å². The number of halogens is 2.